The molecule has 1 aromatic carbocycles. The van der Waals surface area contributed by atoms with Crippen LogP contribution in [-0.2, 0) is 11.3 Å². The Morgan fingerprint density at radius 1 is 1.27 bits per heavy atom. The second-order valence-electron chi connectivity index (χ2n) is 3.90. The molecule has 0 spiro atoms. The van der Waals surface area contributed by atoms with Crippen molar-refractivity contribution in [2.45, 2.75) is 25.8 Å². The molecule has 0 atom stereocenters. The van der Waals surface area contributed by atoms with E-state index in [4.69, 9.17) is 0 Å². The van der Waals surface area contributed by atoms with Crippen LogP contribution < -0.4 is 0 Å². The van der Waals surface area contributed by atoms with Crippen LogP contribution in [0, 0.1) is 0 Å². The number of phenolic OH excluding ortho intramolecular Hbond substituents is 1. The summed E-state index contributed by atoms with van der Waals surface area (Å²) in [5.74, 6) is 0.473. The van der Waals surface area contributed by atoms with Gasteiger partial charge in [-0.3, -0.25) is 4.79 Å². The predicted octanol–water partition coefficient (Wildman–Crippen LogP) is 1.90. The van der Waals surface area contributed by atoms with E-state index < -0.39 is 0 Å². The number of piperidine rings is 1. The number of benzene rings is 1. The van der Waals surface area contributed by atoms with Gasteiger partial charge in [0, 0.05) is 25.1 Å². The van der Waals surface area contributed by atoms with E-state index in [0.29, 0.717) is 13.0 Å². The number of rotatable bonds is 2. The lowest BCUT2D eigenvalue weighted by Crippen LogP contribution is -2.34. The van der Waals surface area contributed by atoms with Crippen LogP contribution in [0.2, 0.25) is 0 Å². The van der Waals surface area contributed by atoms with Gasteiger partial charge in [-0.15, -0.1) is 0 Å². The van der Waals surface area contributed by atoms with Crippen LogP contribution >= 0.6 is 0 Å². The number of hydrogen-bond acceptors (Lipinski definition) is 2. The third-order valence-corrected chi connectivity index (χ3v) is 2.77. The Morgan fingerprint density at radius 2 is 2.07 bits per heavy atom. The first-order valence-corrected chi connectivity index (χ1v) is 5.32. The van der Waals surface area contributed by atoms with Crippen LogP contribution in [0.25, 0.3) is 0 Å². The fourth-order valence-corrected chi connectivity index (χ4v) is 1.88. The van der Waals surface area contributed by atoms with E-state index >= 15 is 0 Å². The molecule has 1 aliphatic rings. The maximum atomic E-state index is 11.6. The van der Waals surface area contributed by atoms with Gasteiger partial charge in [-0.1, -0.05) is 18.2 Å². The Kier molecular flexibility index (Phi) is 2.90. The number of carbonyl (C=O) groups excluding carboxylic acids is 1. The fraction of sp³-hybridized carbons (Fsp3) is 0.417. The van der Waals surface area contributed by atoms with E-state index in [1.165, 1.54) is 0 Å². The monoisotopic (exact) mass is 205 g/mol. The van der Waals surface area contributed by atoms with Gasteiger partial charge < -0.3 is 10.0 Å². The maximum absolute atomic E-state index is 11.6. The van der Waals surface area contributed by atoms with E-state index in [1.54, 1.807) is 12.1 Å². The maximum Gasteiger partial charge on any atom is 0.222 e. The number of likely N-dealkylation sites (tertiary alicyclic amines) is 1. The SMILES string of the molecule is O=C1CCCCN1Cc1ccccc1O. The predicted molar refractivity (Wildman–Crippen MR) is 57.4 cm³/mol. The van der Waals surface area contributed by atoms with Gasteiger partial charge in [0.2, 0.25) is 5.91 Å². The zero-order valence-electron chi connectivity index (χ0n) is 8.65. The van der Waals surface area contributed by atoms with Gasteiger partial charge in [0.15, 0.2) is 0 Å². The molecule has 2 rings (SSSR count). The summed E-state index contributed by atoms with van der Waals surface area (Å²) in [6.45, 7) is 1.35. The molecule has 1 fully saturated rings. The van der Waals surface area contributed by atoms with E-state index in [0.717, 1.165) is 24.9 Å². The number of nitrogens with zero attached hydrogens (tertiary/aromatic N) is 1. The highest BCUT2D eigenvalue weighted by atomic mass is 16.3. The van der Waals surface area contributed by atoms with Crippen LogP contribution in [-0.4, -0.2) is 22.5 Å². The molecule has 1 amide bonds. The summed E-state index contributed by atoms with van der Waals surface area (Å²) in [6, 6.07) is 7.18. The molecule has 0 unspecified atom stereocenters. The number of para-hydroxylation sites is 1. The Balaban J connectivity index is 2.08. The molecule has 80 valence electrons. The van der Waals surface area contributed by atoms with Crippen molar-refractivity contribution in [1.82, 2.24) is 4.90 Å². The number of hydrogen-bond donors (Lipinski definition) is 1. The summed E-state index contributed by atoms with van der Waals surface area (Å²) in [5.41, 5.74) is 0.827. The van der Waals surface area contributed by atoms with E-state index in [1.807, 2.05) is 17.0 Å². The minimum atomic E-state index is 0.199. The van der Waals surface area contributed by atoms with Gasteiger partial charge in [0.25, 0.3) is 0 Å². The lowest BCUT2D eigenvalue weighted by molar-refractivity contribution is -0.133. The average Bonchev–Trinajstić information content (AvgIpc) is 2.24. The first-order valence-electron chi connectivity index (χ1n) is 5.32. The van der Waals surface area contributed by atoms with Crippen LogP contribution in [0.1, 0.15) is 24.8 Å². The van der Waals surface area contributed by atoms with E-state index in [9.17, 15) is 9.90 Å². The largest absolute Gasteiger partial charge is 0.508 e. The molecule has 3 heteroatoms. The van der Waals surface area contributed by atoms with Gasteiger partial charge in [0.1, 0.15) is 5.75 Å². The summed E-state index contributed by atoms with van der Waals surface area (Å²) < 4.78 is 0. The van der Waals surface area contributed by atoms with Crippen molar-refractivity contribution in [2.24, 2.45) is 0 Å². The Hall–Kier alpha value is -1.51. The molecule has 1 aliphatic heterocycles. The third-order valence-electron chi connectivity index (χ3n) is 2.77. The van der Waals surface area contributed by atoms with Crippen molar-refractivity contribution in [1.29, 1.82) is 0 Å². The summed E-state index contributed by atoms with van der Waals surface area (Å²) in [5, 5.41) is 9.59. The molecule has 3 nitrogen and oxygen atoms in total. The number of phenols is 1. The average molecular weight is 205 g/mol. The molecule has 0 aromatic heterocycles. The fourth-order valence-electron chi connectivity index (χ4n) is 1.88. The molecular weight excluding hydrogens is 190 g/mol. The molecule has 1 heterocycles. The van der Waals surface area contributed by atoms with Crippen molar-refractivity contribution in [3.05, 3.63) is 29.8 Å². The normalized spacial score (nSPS) is 16.8. The first kappa shape index (κ1) is 10.0. The smallest absolute Gasteiger partial charge is 0.222 e. The number of carbonyl (C=O) groups is 1. The van der Waals surface area contributed by atoms with E-state index in [2.05, 4.69) is 0 Å². The molecule has 1 saturated heterocycles. The third kappa shape index (κ3) is 2.29. The van der Waals surface area contributed by atoms with Gasteiger partial charge in [0.05, 0.1) is 0 Å². The van der Waals surface area contributed by atoms with Gasteiger partial charge in [-0.05, 0) is 18.9 Å². The second kappa shape index (κ2) is 4.34. The van der Waals surface area contributed by atoms with Crippen LogP contribution in [0.3, 0.4) is 0 Å². The topological polar surface area (TPSA) is 40.5 Å². The molecule has 1 N–H and O–H groups in total. The van der Waals surface area contributed by atoms with Crippen molar-refractivity contribution in [3.63, 3.8) is 0 Å². The van der Waals surface area contributed by atoms with Crippen molar-refractivity contribution < 1.29 is 9.90 Å². The minimum absolute atomic E-state index is 0.199. The van der Waals surface area contributed by atoms with Gasteiger partial charge in [-0.2, -0.15) is 0 Å². The molecule has 15 heavy (non-hydrogen) atoms. The second-order valence-corrected chi connectivity index (χ2v) is 3.90. The molecule has 0 aliphatic carbocycles. The zero-order valence-corrected chi connectivity index (χ0v) is 8.65. The quantitative estimate of drug-likeness (QED) is 0.801. The summed E-state index contributed by atoms with van der Waals surface area (Å²) in [7, 11) is 0. The van der Waals surface area contributed by atoms with E-state index in [-0.39, 0.29) is 11.7 Å². The number of amides is 1. The zero-order chi connectivity index (χ0) is 10.7. The molecule has 0 saturated carbocycles. The summed E-state index contributed by atoms with van der Waals surface area (Å²) in [4.78, 5) is 13.4. The highest BCUT2D eigenvalue weighted by Gasteiger charge is 2.18. The Bertz CT molecular complexity index is 362. The molecular formula is C12H15NO2. The van der Waals surface area contributed by atoms with Crippen LogP contribution in [0.4, 0.5) is 0 Å². The standard InChI is InChI=1S/C12H15NO2/c14-11-6-2-1-5-10(11)9-13-8-4-3-7-12(13)15/h1-2,5-6,14H,3-4,7-9H2. The van der Waals surface area contributed by atoms with Crippen LogP contribution in [0.5, 0.6) is 5.75 Å². The lowest BCUT2D eigenvalue weighted by atomic mass is 10.1. The van der Waals surface area contributed by atoms with Gasteiger partial charge in [-0.25, -0.2) is 0 Å². The Labute approximate surface area is 89.3 Å². The Morgan fingerprint density at radius 3 is 2.80 bits per heavy atom. The lowest BCUT2D eigenvalue weighted by Gasteiger charge is -2.26. The highest BCUT2D eigenvalue weighted by molar-refractivity contribution is 5.76. The summed E-state index contributed by atoms with van der Waals surface area (Å²) in [6.07, 6.45) is 2.71. The highest BCUT2D eigenvalue weighted by Crippen LogP contribution is 2.20. The minimum Gasteiger partial charge on any atom is -0.508 e. The first-order chi connectivity index (χ1) is 7.27. The molecule has 0 radical (unpaired) electrons. The van der Waals surface area contributed by atoms with Crippen LogP contribution in [0.15, 0.2) is 24.3 Å². The van der Waals surface area contributed by atoms with Gasteiger partial charge >= 0.3 is 0 Å². The molecule has 1 aromatic rings. The number of aromatic hydroxyl groups is 1. The molecule has 0 bridgehead atoms. The van der Waals surface area contributed by atoms with Crippen molar-refractivity contribution in [3.8, 4) is 5.75 Å². The summed E-state index contributed by atoms with van der Waals surface area (Å²) >= 11 is 0. The van der Waals surface area contributed by atoms with Crippen molar-refractivity contribution in [2.75, 3.05) is 6.54 Å². The van der Waals surface area contributed by atoms with Crippen molar-refractivity contribution >= 4 is 5.91 Å².